The maximum Gasteiger partial charge on any atom is 0.320 e. The van der Waals surface area contributed by atoms with Crippen LogP contribution in [0.3, 0.4) is 0 Å². The summed E-state index contributed by atoms with van der Waals surface area (Å²) in [5, 5.41) is 9.21. The first-order valence-electron chi connectivity index (χ1n) is 7.86. The lowest BCUT2D eigenvalue weighted by molar-refractivity contribution is -0.142. The van der Waals surface area contributed by atoms with E-state index in [1.165, 1.54) is 0 Å². The maximum absolute atomic E-state index is 11.2. The number of likely N-dealkylation sites (tertiary alicyclic amines) is 1. The minimum Gasteiger partial charge on any atom is -0.489 e. The van der Waals surface area contributed by atoms with Crippen molar-refractivity contribution in [2.24, 2.45) is 0 Å². The molecule has 1 N–H and O–H groups in total. The van der Waals surface area contributed by atoms with E-state index in [1.807, 2.05) is 66.5 Å². The van der Waals surface area contributed by atoms with E-state index in [0.29, 0.717) is 13.0 Å². The van der Waals surface area contributed by atoms with Gasteiger partial charge in [0.25, 0.3) is 0 Å². The summed E-state index contributed by atoms with van der Waals surface area (Å²) in [4.78, 5) is 13.1. The van der Waals surface area contributed by atoms with Crippen LogP contribution in [0.25, 0.3) is 0 Å². The number of nitrogens with zero attached hydrogens (tertiary/aromatic N) is 1. The van der Waals surface area contributed by atoms with E-state index in [-0.39, 0.29) is 12.1 Å². The third-order valence-corrected chi connectivity index (χ3v) is 4.50. The molecular formula is C19H21NO3. The van der Waals surface area contributed by atoms with E-state index in [0.717, 1.165) is 23.3 Å². The topological polar surface area (TPSA) is 49.8 Å². The second-order valence-electron chi connectivity index (χ2n) is 5.96. The van der Waals surface area contributed by atoms with Crippen molar-refractivity contribution in [2.45, 2.75) is 31.5 Å². The summed E-state index contributed by atoms with van der Waals surface area (Å²) < 4.78 is 5.79. The van der Waals surface area contributed by atoms with Crippen LogP contribution < -0.4 is 4.74 Å². The van der Waals surface area contributed by atoms with Crippen LogP contribution in [-0.4, -0.2) is 29.1 Å². The lowest BCUT2D eigenvalue weighted by Crippen LogP contribution is -2.34. The molecule has 0 saturated carbocycles. The zero-order valence-electron chi connectivity index (χ0n) is 13.2. The molecule has 1 aliphatic rings. The van der Waals surface area contributed by atoms with Crippen molar-refractivity contribution in [3.8, 4) is 5.75 Å². The van der Waals surface area contributed by atoms with Gasteiger partial charge in [-0.15, -0.1) is 0 Å². The zero-order chi connectivity index (χ0) is 16.2. The van der Waals surface area contributed by atoms with E-state index in [2.05, 4.69) is 0 Å². The number of aliphatic carboxylic acids is 1. The average molecular weight is 311 g/mol. The lowest BCUT2D eigenvalue weighted by atomic mass is 10.0. The van der Waals surface area contributed by atoms with Gasteiger partial charge in [0, 0.05) is 6.04 Å². The van der Waals surface area contributed by atoms with Crippen LogP contribution in [0.15, 0.2) is 54.6 Å². The van der Waals surface area contributed by atoms with Crippen molar-refractivity contribution in [2.75, 3.05) is 7.05 Å². The molecule has 2 aromatic carbocycles. The number of hydrogen-bond donors (Lipinski definition) is 1. The Balaban J connectivity index is 1.62. The van der Waals surface area contributed by atoms with Gasteiger partial charge >= 0.3 is 5.97 Å². The molecule has 120 valence electrons. The highest BCUT2D eigenvalue weighted by Crippen LogP contribution is 2.35. The smallest absolute Gasteiger partial charge is 0.320 e. The Hall–Kier alpha value is -2.33. The molecule has 23 heavy (non-hydrogen) atoms. The molecule has 1 unspecified atom stereocenters. The molecule has 4 heteroatoms. The van der Waals surface area contributed by atoms with E-state index in [4.69, 9.17) is 4.74 Å². The molecule has 2 aromatic rings. The molecule has 3 rings (SSSR count). The van der Waals surface area contributed by atoms with Crippen LogP contribution in [0.4, 0.5) is 0 Å². The number of carbonyl (C=O) groups is 1. The van der Waals surface area contributed by atoms with Crippen molar-refractivity contribution in [1.29, 1.82) is 0 Å². The minimum absolute atomic E-state index is 0.166. The highest BCUT2D eigenvalue weighted by atomic mass is 16.5. The van der Waals surface area contributed by atoms with Gasteiger partial charge in [-0.1, -0.05) is 42.5 Å². The second kappa shape index (κ2) is 6.84. The summed E-state index contributed by atoms with van der Waals surface area (Å²) in [6.45, 7) is 0.546. The van der Waals surface area contributed by atoms with Crippen molar-refractivity contribution >= 4 is 5.97 Å². The number of ether oxygens (including phenoxy) is 1. The molecule has 0 radical (unpaired) electrons. The molecule has 0 amide bonds. The Morgan fingerprint density at radius 2 is 1.83 bits per heavy atom. The van der Waals surface area contributed by atoms with Gasteiger partial charge in [0.05, 0.1) is 0 Å². The molecule has 4 nitrogen and oxygen atoms in total. The molecule has 1 heterocycles. The summed E-state index contributed by atoms with van der Waals surface area (Å²) in [6, 6.07) is 17.8. The van der Waals surface area contributed by atoms with E-state index >= 15 is 0 Å². The van der Waals surface area contributed by atoms with Gasteiger partial charge in [0.15, 0.2) is 0 Å². The van der Waals surface area contributed by atoms with Crippen molar-refractivity contribution in [3.63, 3.8) is 0 Å². The summed E-state index contributed by atoms with van der Waals surface area (Å²) >= 11 is 0. The molecule has 2 atom stereocenters. The first-order valence-corrected chi connectivity index (χ1v) is 7.86. The predicted molar refractivity (Wildman–Crippen MR) is 88.4 cm³/mol. The molecule has 1 aliphatic heterocycles. The van der Waals surface area contributed by atoms with E-state index in [1.54, 1.807) is 0 Å². The molecular weight excluding hydrogens is 290 g/mol. The molecule has 1 saturated heterocycles. The second-order valence-corrected chi connectivity index (χ2v) is 5.96. The fourth-order valence-corrected chi connectivity index (χ4v) is 3.17. The average Bonchev–Trinajstić information content (AvgIpc) is 2.96. The predicted octanol–water partition coefficient (Wildman–Crippen LogP) is 3.49. The van der Waals surface area contributed by atoms with Crippen molar-refractivity contribution < 1.29 is 14.6 Å². The largest absolute Gasteiger partial charge is 0.489 e. The van der Waals surface area contributed by atoms with Gasteiger partial charge in [0.2, 0.25) is 0 Å². The monoisotopic (exact) mass is 311 g/mol. The lowest BCUT2D eigenvalue weighted by Gasteiger charge is -2.23. The highest BCUT2D eigenvalue weighted by Gasteiger charge is 2.35. The standard InChI is InChI=1S/C19H21NO3/c1-20-17(11-12-18(20)19(21)22)15-7-9-16(10-8-15)23-13-14-5-3-2-4-6-14/h2-10,17-18H,11-13H2,1H3,(H,21,22)/t17?,18-/m0/s1. The molecule has 0 bridgehead atoms. The quantitative estimate of drug-likeness (QED) is 0.918. The number of likely N-dealkylation sites (N-methyl/N-ethyl adjacent to an activating group) is 1. The Kier molecular flexibility index (Phi) is 4.63. The van der Waals surface area contributed by atoms with Gasteiger partial charge in [-0.05, 0) is 43.1 Å². The molecule has 0 spiro atoms. The zero-order valence-corrected chi connectivity index (χ0v) is 13.2. The molecule has 0 aliphatic carbocycles. The first kappa shape index (κ1) is 15.6. The third kappa shape index (κ3) is 3.54. The summed E-state index contributed by atoms with van der Waals surface area (Å²) in [5.41, 5.74) is 2.28. The number of rotatable bonds is 5. The van der Waals surface area contributed by atoms with Gasteiger partial charge in [-0.25, -0.2) is 0 Å². The van der Waals surface area contributed by atoms with Crippen LogP contribution in [0.5, 0.6) is 5.75 Å². The SMILES string of the molecule is CN1C(c2ccc(OCc3ccccc3)cc2)CC[C@H]1C(=O)O. The maximum atomic E-state index is 11.2. The minimum atomic E-state index is -0.738. The van der Waals surface area contributed by atoms with Crippen LogP contribution in [-0.2, 0) is 11.4 Å². The van der Waals surface area contributed by atoms with Gasteiger partial charge in [0.1, 0.15) is 18.4 Å². The summed E-state index contributed by atoms with van der Waals surface area (Å²) in [6.07, 6.45) is 1.57. The Labute approximate surface area is 136 Å². The Morgan fingerprint density at radius 1 is 1.13 bits per heavy atom. The van der Waals surface area contributed by atoms with Crippen LogP contribution >= 0.6 is 0 Å². The summed E-state index contributed by atoms with van der Waals surface area (Å²) in [7, 11) is 1.89. The van der Waals surface area contributed by atoms with Crippen LogP contribution in [0.1, 0.15) is 30.0 Å². The fraction of sp³-hybridized carbons (Fsp3) is 0.316. The van der Waals surface area contributed by atoms with Crippen LogP contribution in [0.2, 0.25) is 0 Å². The van der Waals surface area contributed by atoms with Crippen LogP contribution in [0, 0.1) is 0 Å². The Bertz CT molecular complexity index is 654. The van der Waals surface area contributed by atoms with Crippen molar-refractivity contribution in [1.82, 2.24) is 4.90 Å². The summed E-state index contributed by atoms with van der Waals surface area (Å²) in [5.74, 6) is 0.0888. The number of carboxylic acids is 1. The molecule has 1 fully saturated rings. The number of benzene rings is 2. The fourth-order valence-electron chi connectivity index (χ4n) is 3.17. The van der Waals surface area contributed by atoms with E-state index in [9.17, 15) is 9.90 Å². The van der Waals surface area contributed by atoms with Gasteiger partial charge in [-0.3, -0.25) is 9.69 Å². The molecule has 0 aromatic heterocycles. The normalized spacial score (nSPS) is 21.3. The van der Waals surface area contributed by atoms with Gasteiger partial charge in [-0.2, -0.15) is 0 Å². The van der Waals surface area contributed by atoms with Crippen molar-refractivity contribution in [3.05, 3.63) is 65.7 Å². The third-order valence-electron chi connectivity index (χ3n) is 4.50. The Morgan fingerprint density at radius 3 is 2.43 bits per heavy atom. The first-order chi connectivity index (χ1) is 11.1. The number of hydrogen-bond acceptors (Lipinski definition) is 3. The van der Waals surface area contributed by atoms with Gasteiger partial charge < -0.3 is 9.84 Å². The van der Waals surface area contributed by atoms with E-state index < -0.39 is 5.97 Å². The number of carboxylic acid groups (broad SMARTS) is 1. The highest BCUT2D eigenvalue weighted by molar-refractivity contribution is 5.74.